The van der Waals surface area contributed by atoms with Gasteiger partial charge in [0, 0.05) is 5.69 Å². The van der Waals surface area contributed by atoms with Gasteiger partial charge in [0.05, 0.1) is 6.54 Å². The maximum absolute atomic E-state index is 13.4. The molecule has 0 saturated heterocycles. The molecule has 2 rings (SSSR count). The number of nitrogens with one attached hydrogen (secondary N) is 2. The van der Waals surface area contributed by atoms with Crippen molar-refractivity contribution in [2.45, 2.75) is 6.92 Å². The summed E-state index contributed by atoms with van der Waals surface area (Å²) in [5, 5.41) is 4.85. The van der Waals surface area contributed by atoms with E-state index in [1.54, 1.807) is 13.0 Å². The summed E-state index contributed by atoms with van der Waals surface area (Å²) in [7, 11) is 0. The summed E-state index contributed by atoms with van der Waals surface area (Å²) in [6, 6.07) is 7.40. The van der Waals surface area contributed by atoms with Gasteiger partial charge in [-0.1, -0.05) is 12.1 Å². The van der Waals surface area contributed by atoms with Crippen LogP contribution in [0.4, 0.5) is 24.5 Å². The molecule has 0 heterocycles. The Labute approximate surface area is 119 Å². The number of anilines is 2. The second-order valence-electron chi connectivity index (χ2n) is 4.46. The Bertz CT molecular complexity index is 654. The Morgan fingerprint density at radius 1 is 1.10 bits per heavy atom. The number of hydrogen-bond donors (Lipinski definition) is 2. The lowest BCUT2D eigenvalue weighted by Gasteiger charge is -2.11. The van der Waals surface area contributed by atoms with Crippen molar-refractivity contribution < 1.29 is 18.0 Å². The Morgan fingerprint density at radius 2 is 1.76 bits per heavy atom. The first-order valence-corrected chi connectivity index (χ1v) is 6.21. The molecule has 0 aromatic heterocycles. The summed E-state index contributed by atoms with van der Waals surface area (Å²) in [5.74, 6) is -2.79. The van der Waals surface area contributed by atoms with Crippen LogP contribution < -0.4 is 10.6 Å². The van der Waals surface area contributed by atoms with Crippen LogP contribution in [0.25, 0.3) is 0 Å². The second kappa shape index (κ2) is 6.30. The third kappa shape index (κ3) is 3.75. The average molecular weight is 294 g/mol. The van der Waals surface area contributed by atoms with E-state index < -0.39 is 29.0 Å². The van der Waals surface area contributed by atoms with Crippen LogP contribution in [-0.2, 0) is 4.79 Å². The SMILES string of the molecule is Cc1ccc(F)cc1NCC(=O)Nc1c(F)cccc1F. The molecule has 110 valence electrons. The Morgan fingerprint density at radius 3 is 2.43 bits per heavy atom. The summed E-state index contributed by atoms with van der Waals surface area (Å²) in [6.07, 6.45) is 0. The van der Waals surface area contributed by atoms with Gasteiger partial charge in [-0.05, 0) is 36.8 Å². The van der Waals surface area contributed by atoms with Gasteiger partial charge in [0.15, 0.2) is 0 Å². The molecule has 0 aliphatic heterocycles. The molecule has 3 nitrogen and oxygen atoms in total. The number of amides is 1. The number of carbonyl (C=O) groups is 1. The molecule has 0 aliphatic carbocycles. The van der Waals surface area contributed by atoms with E-state index in [0.29, 0.717) is 5.69 Å². The molecule has 2 aromatic rings. The fourth-order valence-corrected chi connectivity index (χ4v) is 1.76. The van der Waals surface area contributed by atoms with Crippen molar-refractivity contribution in [1.29, 1.82) is 0 Å². The van der Waals surface area contributed by atoms with Gasteiger partial charge in [0.2, 0.25) is 5.91 Å². The van der Waals surface area contributed by atoms with Crippen LogP contribution in [0.5, 0.6) is 0 Å². The molecule has 2 N–H and O–H groups in total. The van der Waals surface area contributed by atoms with E-state index >= 15 is 0 Å². The number of rotatable bonds is 4. The van der Waals surface area contributed by atoms with Gasteiger partial charge in [-0.25, -0.2) is 13.2 Å². The van der Waals surface area contributed by atoms with Gasteiger partial charge in [-0.15, -0.1) is 0 Å². The van der Waals surface area contributed by atoms with E-state index in [0.717, 1.165) is 17.7 Å². The van der Waals surface area contributed by atoms with Gasteiger partial charge in [-0.3, -0.25) is 4.79 Å². The van der Waals surface area contributed by atoms with Crippen LogP contribution in [0.3, 0.4) is 0 Å². The monoisotopic (exact) mass is 294 g/mol. The molecule has 0 fully saturated rings. The van der Waals surface area contributed by atoms with E-state index in [-0.39, 0.29) is 6.54 Å². The summed E-state index contributed by atoms with van der Waals surface area (Å²) in [4.78, 5) is 11.7. The van der Waals surface area contributed by atoms with Crippen molar-refractivity contribution in [2.24, 2.45) is 0 Å². The smallest absolute Gasteiger partial charge is 0.243 e. The predicted molar refractivity (Wildman–Crippen MR) is 74.6 cm³/mol. The lowest BCUT2D eigenvalue weighted by Crippen LogP contribution is -2.23. The van der Waals surface area contributed by atoms with Crippen molar-refractivity contribution in [1.82, 2.24) is 0 Å². The standard InChI is InChI=1S/C15H13F3N2O/c1-9-5-6-10(16)7-13(9)19-8-14(21)20-15-11(17)3-2-4-12(15)18/h2-7,19H,8H2,1H3,(H,20,21). The summed E-state index contributed by atoms with van der Waals surface area (Å²) >= 11 is 0. The van der Waals surface area contributed by atoms with Crippen molar-refractivity contribution in [3.63, 3.8) is 0 Å². The first-order valence-electron chi connectivity index (χ1n) is 6.21. The molecule has 1 amide bonds. The van der Waals surface area contributed by atoms with Crippen molar-refractivity contribution in [3.05, 3.63) is 59.4 Å². The number of para-hydroxylation sites is 1. The fraction of sp³-hybridized carbons (Fsp3) is 0.133. The van der Waals surface area contributed by atoms with Crippen LogP contribution in [0, 0.1) is 24.4 Å². The van der Waals surface area contributed by atoms with E-state index in [2.05, 4.69) is 10.6 Å². The molecule has 0 radical (unpaired) electrons. The number of benzene rings is 2. The van der Waals surface area contributed by atoms with Crippen LogP contribution in [0.2, 0.25) is 0 Å². The Balaban J connectivity index is 2.01. The maximum Gasteiger partial charge on any atom is 0.243 e. The van der Waals surface area contributed by atoms with E-state index in [1.165, 1.54) is 18.2 Å². The maximum atomic E-state index is 13.4. The molecule has 0 atom stereocenters. The van der Waals surface area contributed by atoms with Crippen molar-refractivity contribution in [2.75, 3.05) is 17.2 Å². The first kappa shape index (κ1) is 14.9. The third-order valence-corrected chi connectivity index (χ3v) is 2.87. The minimum absolute atomic E-state index is 0.238. The lowest BCUT2D eigenvalue weighted by atomic mass is 10.2. The van der Waals surface area contributed by atoms with E-state index in [4.69, 9.17) is 0 Å². The van der Waals surface area contributed by atoms with Gasteiger partial charge in [0.1, 0.15) is 23.1 Å². The summed E-state index contributed by atoms with van der Waals surface area (Å²) in [6.45, 7) is 1.51. The molecule has 0 aliphatic rings. The third-order valence-electron chi connectivity index (χ3n) is 2.87. The van der Waals surface area contributed by atoms with Crippen LogP contribution >= 0.6 is 0 Å². The minimum Gasteiger partial charge on any atom is -0.376 e. The normalized spacial score (nSPS) is 10.3. The Kier molecular flexibility index (Phi) is 4.47. The highest BCUT2D eigenvalue weighted by molar-refractivity contribution is 5.94. The Hall–Kier alpha value is -2.50. The minimum atomic E-state index is -0.856. The van der Waals surface area contributed by atoms with Crippen LogP contribution in [-0.4, -0.2) is 12.5 Å². The molecule has 21 heavy (non-hydrogen) atoms. The number of halogens is 3. The highest BCUT2D eigenvalue weighted by atomic mass is 19.1. The quantitative estimate of drug-likeness (QED) is 0.906. The zero-order chi connectivity index (χ0) is 15.4. The van der Waals surface area contributed by atoms with Gasteiger partial charge >= 0.3 is 0 Å². The molecular formula is C15H13F3N2O. The number of carbonyl (C=O) groups excluding carboxylic acids is 1. The average Bonchev–Trinajstić information content (AvgIpc) is 2.44. The van der Waals surface area contributed by atoms with E-state index in [9.17, 15) is 18.0 Å². The van der Waals surface area contributed by atoms with Crippen LogP contribution in [0.1, 0.15) is 5.56 Å². The van der Waals surface area contributed by atoms with Gasteiger partial charge in [-0.2, -0.15) is 0 Å². The van der Waals surface area contributed by atoms with E-state index in [1.807, 2.05) is 0 Å². The van der Waals surface area contributed by atoms with Gasteiger partial charge < -0.3 is 10.6 Å². The van der Waals surface area contributed by atoms with Crippen LogP contribution in [0.15, 0.2) is 36.4 Å². The van der Waals surface area contributed by atoms with Gasteiger partial charge in [0.25, 0.3) is 0 Å². The highest BCUT2D eigenvalue weighted by Crippen LogP contribution is 2.18. The molecule has 0 bridgehead atoms. The molecule has 0 saturated carbocycles. The fourth-order valence-electron chi connectivity index (χ4n) is 1.76. The molecule has 0 unspecified atom stereocenters. The predicted octanol–water partition coefficient (Wildman–Crippen LogP) is 3.46. The largest absolute Gasteiger partial charge is 0.376 e. The zero-order valence-electron chi connectivity index (χ0n) is 11.2. The summed E-state index contributed by atoms with van der Waals surface area (Å²) in [5.41, 5.74) is 0.695. The van der Waals surface area contributed by atoms with Crippen molar-refractivity contribution >= 4 is 17.3 Å². The summed E-state index contributed by atoms with van der Waals surface area (Å²) < 4.78 is 39.8. The van der Waals surface area contributed by atoms with Crippen molar-refractivity contribution in [3.8, 4) is 0 Å². The number of hydrogen-bond acceptors (Lipinski definition) is 2. The second-order valence-corrected chi connectivity index (χ2v) is 4.46. The molecule has 0 spiro atoms. The molecule has 6 heteroatoms. The number of aryl methyl sites for hydroxylation is 1. The molecule has 2 aromatic carbocycles. The first-order chi connectivity index (χ1) is 9.97. The zero-order valence-corrected chi connectivity index (χ0v) is 11.2. The topological polar surface area (TPSA) is 41.1 Å². The lowest BCUT2D eigenvalue weighted by molar-refractivity contribution is -0.114. The molecular weight excluding hydrogens is 281 g/mol. The highest BCUT2D eigenvalue weighted by Gasteiger charge is 2.12.